The summed E-state index contributed by atoms with van der Waals surface area (Å²) in [5, 5.41) is 0. The fraction of sp³-hybridized carbons (Fsp3) is 0.385. The minimum Gasteiger partial charge on any atom is -0.378 e. The van der Waals surface area contributed by atoms with Crippen molar-refractivity contribution in [3.63, 3.8) is 0 Å². The molecule has 0 bridgehead atoms. The fourth-order valence-corrected chi connectivity index (χ4v) is 1.71. The predicted molar refractivity (Wildman–Crippen MR) is 66.3 cm³/mol. The van der Waals surface area contributed by atoms with Crippen LogP contribution in [-0.2, 0) is 9.53 Å². The number of ether oxygens (including phenoxy) is 1. The molecule has 2 rings (SSSR count). The summed E-state index contributed by atoms with van der Waals surface area (Å²) in [6.45, 7) is 2.40. The second-order valence-corrected chi connectivity index (χ2v) is 3.98. The molecular weight excluding hydrogens is 235 g/mol. The molecule has 0 radical (unpaired) electrons. The Labute approximate surface area is 105 Å². The summed E-state index contributed by atoms with van der Waals surface area (Å²) in [7, 11) is 0. The number of aliphatic imine (C=N–C) groups is 1. The van der Waals surface area contributed by atoms with E-state index in [1.165, 1.54) is 12.3 Å². The van der Waals surface area contributed by atoms with Crippen molar-refractivity contribution >= 4 is 12.1 Å². The number of benzene rings is 1. The normalized spacial score (nSPS) is 16.2. The van der Waals surface area contributed by atoms with E-state index >= 15 is 0 Å². The SMILES string of the molecule is O=C(CN=Cc1ccccc1F)N1CCOCC1. The molecule has 0 N–H and O–H groups in total. The van der Waals surface area contributed by atoms with Crippen LogP contribution >= 0.6 is 0 Å². The first-order chi connectivity index (χ1) is 8.77. The molecule has 1 fully saturated rings. The lowest BCUT2D eigenvalue weighted by Gasteiger charge is -2.26. The van der Waals surface area contributed by atoms with Gasteiger partial charge < -0.3 is 9.64 Å². The van der Waals surface area contributed by atoms with Gasteiger partial charge in [0.2, 0.25) is 5.91 Å². The molecule has 0 saturated carbocycles. The molecule has 0 atom stereocenters. The molecule has 0 unspecified atom stereocenters. The van der Waals surface area contributed by atoms with Gasteiger partial charge in [0, 0.05) is 24.9 Å². The Bertz CT molecular complexity index is 442. The van der Waals surface area contributed by atoms with Crippen molar-refractivity contribution < 1.29 is 13.9 Å². The fourth-order valence-electron chi connectivity index (χ4n) is 1.71. The van der Waals surface area contributed by atoms with Gasteiger partial charge in [-0.25, -0.2) is 4.39 Å². The van der Waals surface area contributed by atoms with E-state index in [1.54, 1.807) is 23.1 Å². The summed E-state index contributed by atoms with van der Waals surface area (Å²) in [6.07, 6.45) is 1.40. The smallest absolute Gasteiger partial charge is 0.244 e. The molecule has 0 spiro atoms. The summed E-state index contributed by atoms with van der Waals surface area (Å²) in [6, 6.07) is 6.34. The lowest BCUT2D eigenvalue weighted by atomic mass is 10.2. The van der Waals surface area contributed by atoms with E-state index in [9.17, 15) is 9.18 Å². The van der Waals surface area contributed by atoms with Gasteiger partial charge in [0.15, 0.2) is 0 Å². The third kappa shape index (κ3) is 3.37. The van der Waals surface area contributed by atoms with Crippen molar-refractivity contribution in [3.05, 3.63) is 35.6 Å². The Kier molecular flexibility index (Phi) is 4.41. The summed E-state index contributed by atoms with van der Waals surface area (Å²) in [5.41, 5.74) is 0.396. The van der Waals surface area contributed by atoms with Crippen LogP contribution in [0.2, 0.25) is 0 Å². The molecule has 1 heterocycles. The molecule has 4 nitrogen and oxygen atoms in total. The van der Waals surface area contributed by atoms with E-state index in [4.69, 9.17) is 4.74 Å². The van der Waals surface area contributed by atoms with Gasteiger partial charge in [0.25, 0.3) is 0 Å². The molecule has 5 heteroatoms. The van der Waals surface area contributed by atoms with Gasteiger partial charge in [-0.3, -0.25) is 9.79 Å². The van der Waals surface area contributed by atoms with Crippen LogP contribution in [0.1, 0.15) is 5.56 Å². The van der Waals surface area contributed by atoms with Gasteiger partial charge in [-0.2, -0.15) is 0 Å². The summed E-state index contributed by atoms with van der Waals surface area (Å²) >= 11 is 0. The van der Waals surface area contributed by atoms with Crippen LogP contribution in [-0.4, -0.2) is 49.9 Å². The van der Waals surface area contributed by atoms with E-state index in [0.717, 1.165) is 0 Å². The number of carbonyl (C=O) groups is 1. The molecule has 18 heavy (non-hydrogen) atoms. The van der Waals surface area contributed by atoms with Gasteiger partial charge in [-0.1, -0.05) is 18.2 Å². The number of nitrogens with zero attached hydrogens (tertiary/aromatic N) is 2. The van der Waals surface area contributed by atoms with Crippen molar-refractivity contribution in [2.24, 2.45) is 4.99 Å². The quantitative estimate of drug-likeness (QED) is 0.754. The Morgan fingerprint density at radius 3 is 2.83 bits per heavy atom. The van der Waals surface area contributed by atoms with Gasteiger partial charge in [0.1, 0.15) is 12.4 Å². The Morgan fingerprint density at radius 2 is 2.11 bits per heavy atom. The van der Waals surface area contributed by atoms with Crippen LogP contribution in [0.5, 0.6) is 0 Å². The number of rotatable bonds is 3. The third-order valence-electron chi connectivity index (χ3n) is 2.73. The molecule has 1 saturated heterocycles. The van der Waals surface area contributed by atoms with Gasteiger partial charge in [0.05, 0.1) is 13.2 Å². The van der Waals surface area contributed by atoms with Gasteiger partial charge >= 0.3 is 0 Å². The highest BCUT2D eigenvalue weighted by Crippen LogP contribution is 2.03. The lowest BCUT2D eigenvalue weighted by Crippen LogP contribution is -2.41. The van der Waals surface area contributed by atoms with Crippen LogP contribution in [0.25, 0.3) is 0 Å². The zero-order valence-electron chi connectivity index (χ0n) is 10.0. The van der Waals surface area contributed by atoms with Crippen LogP contribution in [0.15, 0.2) is 29.3 Å². The van der Waals surface area contributed by atoms with Crippen LogP contribution in [0.3, 0.4) is 0 Å². The average molecular weight is 250 g/mol. The van der Waals surface area contributed by atoms with E-state index in [2.05, 4.69) is 4.99 Å². The summed E-state index contributed by atoms with van der Waals surface area (Å²) < 4.78 is 18.4. The highest BCUT2D eigenvalue weighted by Gasteiger charge is 2.15. The Morgan fingerprint density at radius 1 is 1.39 bits per heavy atom. The van der Waals surface area contributed by atoms with Crippen molar-refractivity contribution in [2.75, 3.05) is 32.8 Å². The number of amides is 1. The zero-order valence-corrected chi connectivity index (χ0v) is 10.0. The van der Waals surface area contributed by atoms with Gasteiger partial charge in [-0.05, 0) is 6.07 Å². The molecule has 96 valence electrons. The van der Waals surface area contributed by atoms with E-state index in [-0.39, 0.29) is 18.3 Å². The number of hydrogen-bond acceptors (Lipinski definition) is 3. The lowest BCUT2D eigenvalue weighted by molar-refractivity contribution is -0.133. The molecule has 1 aromatic rings. The third-order valence-corrected chi connectivity index (χ3v) is 2.73. The number of halogens is 1. The first kappa shape index (κ1) is 12.7. The molecule has 1 aliphatic heterocycles. The van der Waals surface area contributed by atoms with E-state index in [0.29, 0.717) is 31.9 Å². The molecule has 1 aromatic carbocycles. The van der Waals surface area contributed by atoms with Crippen molar-refractivity contribution in [2.45, 2.75) is 0 Å². The largest absolute Gasteiger partial charge is 0.378 e. The number of morpholine rings is 1. The summed E-state index contributed by atoms with van der Waals surface area (Å²) in [4.78, 5) is 17.4. The number of hydrogen-bond donors (Lipinski definition) is 0. The molecule has 1 amide bonds. The number of carbonyl (C=O) groups excluding carboxylic acids is 1. The molecule has 0 aliphatic carbocycles. The topological polar surface area (TPSA) is 41.9 Å². The van der Waals surface area contributed by atoms with Crippen molar-refractivity contribution in [1.82, 2.24) is 4.90 Å². The van der Waals surface area contributed by atoms with Gasteiger partial charge in [-0.15, -0.1) is 0 Å². The minimum absolute atomic E-state index is 0.0499. The second kappa shape index (κ2) is 6.26. The first-order valence-corrected chi connectivity index (χ1v) is 5.87. The zero-order chi connectivity index (χ0) is 12.8. The average Bonchev–Trinajstić information content (AvgIpc) is 2.42. The molecular formula is C13H15FN2O2. The standard InChI is InChI=1S/C13H15FN2O2/c14-12-4-2-1-3-11(12)9-15-10-13(17)16-5-7-18-8-6-16/h1-4,9H,5-8,10H2. The predicted octanol–water partition coefficient (Wildman–Crippen LogP) is 1.10. The van der Waals surface area contributed by atoms with Crippen molar-refractivity contribution in [3.8, 4) is 0 Å². The first-order valence-electron chi connectivity index (χ1n) is 5.87. The summed E-state index contributed by atoms with van der Waals surface area (Å²) in [5.74, 6) is -0.383. The highest BCUT2D eigenvalue weighted by molar-refractivity contribution is 5.84. The van der Waals surface area contributed by atoms with Crippen LogP contribution < -0.4 is 0 Å². The highest BCUT2D eigenvalue weighted by atomic mass is 19.1. The van der Waals surface area contributed by atoms with E-state index in [1.807, 2.05) is 0 Å². The Hall–Kier alpha value is -1.75. The monoisotopic (exact) mass is 250 g/mol. The van der Waals surface area contributed by atoms with Crippen LogP contribution in [0.4, 0.5) is 4.39 Å². The van der Waals surface area contributed by atoms with E-state index < -0.39 is 0 Å². The maximum atomic E-state index is 13.3. The maximum absolute atomic E-state index is 13.3. The Balaban J connectivity index is 1.87. The second-order valence-electron chi connectivity index (χ2n) is 3.98. The minimum atomic E-state index is -0.333. The van der Waals surface area contributed by atoms with Crippen molar-refractivity contribution in [1.29, 1.82) is 0 Å². The molecule has 1 aliphatic rings. The molecule has 0 aromatic heterocycles. The van der Waals surface area contributed by atoms with Crippen LogP contribution in [0, 0.1) is 5.82 Å². The maximum Gasteiger partial charge on any atom is 0.244 e.